The summed E-state index contributed by atoms with van der Waals surface area (Å²) in [6, 6.07) is 0. The molecule has 0 saturated heterocycles. The van der Waals surface area contributed by atoms with Crippen molar-refractivity contribution in [3.8, 4) is 0 Å². The van der Waals surface area contributed by atoms with Crippen molar-refractivity contribution in [1.82, 2.24) is 0 Å². The molecule has 0 fully saturated rings. The SMILES string of the molecule is CC(C)=C([O-])[O-]. The van der Waals surface area contributed by atoms with Crippen molar-refractivity contribution in [1.29, 1.82) is 0 Å². The molecule has 0 aromatic carbocycles. The van der Waals surface area contributed by atoms with Gasteiger partial charge in [-0.3, -0.25) is 0 Å². The molecular weight excluding hydrogens is 80.0 g/mol. The zero-order valence-electron chi connectivity index (χ0n) is 3.82. The third kappa shape index (κ3) is 1.64. The summed E-state index contributed by atoms with van der Waals surface area (Å²) in [5, 5.41) is 19.1. The van der Waals surface area contributed by atoms with E-state index in [1.54, 1.807) is 0 Å². The fraction of sp³-hybridized carbons (Fsp3) is 0.500. The maximum Gasteiger partial charge on any atom is -0.0457 e. The molecule has 0 spiro atoms. The highest BCUT2D eigenvalue weighted by atomic mass is 16.5. The number of allylic oxidation sites excluding steroid dienone is 1. The smallest absolute Gasteiger partial charge is 0.0457 e. The standard InChI is InChI=1S/C4H8O2/c1-3(2)4(5)6/h5-6H,1-2H3/p-2. The van der Waals surface area contributed by atoms with Crippen molar-refractivity contribution in [2.75, 3.05) is 0 Å². The molecule has 0 unspecified atom stereocenters. The average molecular weight is 86.1 g/mol. The highest BCUT2D eigenvalue weighted by Crippen LogP contribution is 1.83. The van der Waals surface area contributed by atoms with Gasteiger partial charge in [0.05, 0.1) is 0 Å². The number of hydrogen-bond donors (Lipinski definition) is 0. The molecule has 2 heteroatoms. The fourth-order valence-corrected chi connectivity index (χ4v) is 0. The molecule has 0 heterocycles. The Balaban J connectivity index is 3.68. The normalized spacial score (nSPS) is 7.67. The van der Waals surface area contributed by atoms with Gasteiger partial charge in [-0.05, 0) is 13.8 Å². The third-order valence-electron chi connectivity index (χ3n) is 0.408. The van der Waals surface area contributed by atoms with Gasteiger partial charge < -0.3 is 10.2 Å². The van der Waals surface area contributed by atoms with Crippen molar-refractivity contribution >= 4 is 0 Å². The molecule has 2 nitrogen and oxygen atoms in total. The van der Waals surface area contributed by atoms with Crippen molar-refractivity contribution < 1.29 is 10.2 Å². The molecule has 0 aliphatic rings. The van der Waals surface area contributed by atoms with E-state index in [4.69, 9.17) is 0 Å². The summed E-state index contributed by atoms with van der Waals surface area (Å²) in [6.45, 7) is 2.99. The zero-order valence-corrected chi connectivity index (χ0v) is 3.82. The summed E-state index contributed by atoms with van der Waals surface area (Å²) in [4.78, 5) is 0. The second-order valence-electron chi connectivity index (χ2n) is 1.29. The number of rotatable bonds is 0. The van der Waals surface area contributed by atoms with Crippen LogP contribution in [0.15, 0.2) is 11.5 Å². The second-order valence-corrected chi connectivity index (χ2v) is 1.29. The molecule has 0 saturated carbocycles. The van der Waals surface area contributed by atoms with Crippen LogP contribution in [-0.2, 0) is 0 Å². The van der Waals surface area contributed by atoms with Gasteiger partial charge in [-0.25, -0.2) is 5.95 Å². The summed E-state index contributed by atoms with van der Waals surface area (Å²) in [6.07, 6.45) is 0. The van der Waals surface area contributed by atoms with Gasteiger partial charge in [0.25, 0.3) is 0 Å². The molecule has 0 amide bonds. The van der Waals surface area contributed by atoms with E-state index in [0.29, 0.717) is 5.57 Å². The zero-order chi connectivity index (χ0) is 5.15. The van der Waals surface area contributed by atoms with Gasteiger partial charge in [-0.15, -0.1) is 0 Å². The van der Waals surface area contributed by atoms with Gasteiger partial charge in [-0.1, -0.05) is 5.57 Å². The van der Waals surface area contributed by atoms with Crippen LogP contribution >= 0.6 is 0 Å². The lowest BCUT2D eigenvalue weighted by atomic mass is 10.4. The lowest BCUT2D eigenvalue weighted by Crippen LogP contribution is -2.19. The lowest BCUT2D eigenvalue weighted by Gasteiger charge is -2.18. The maximum atomic E-state index is 9.55. The predicted octanol–water partition coefficient (Wildman–Crippen LogP) is -1.04. The molecule has 0 aromatic rings. The topological polar surface area (TPSA) is 46.1 Å². The highest BCUT2D eigenvalue weighted by molar-refractivity contribution is 4.88. The Bertz CT molecular complexity index is 55.6. The van der Waals surface area contributed by atoms with E-state index in [9.17, 15) is 10.2 Å². The molecule has 0 aromatic heterocycles. The molecule has 0 rings (SSSR count). The summed E-state index contributed by atoms with van der Waals surface area (Å²) < 4.78 is 0. The van der Waals surface area contributed by atoms with Gasteiger partial charge in [0.2, 0.25) is 0 Å². The maximum absolute atomic E-state index is 9.55. The molecular formula is C4H6O2-2. The first kappa shape index (κ1) is 5.34. The van der Waals surface area contributed by atoms with Crippen molar-refractivity contribution in [2.45, 2.75) is 13.8 Å². The first-order valence-electron chi connectivity index (χ1n) is 1.66. The van der Waals surface area contributed by atoms with Crippen molar-refractivity contribution in [3.63, 3.8) is 0 Å². The fourth-order valence-electron chi connectivity index (χ4n) is 0. The molecule has 0 bridgehead atoms. The van der Waals surface area contributed by atoms with Crippen molar-refractivity contribution in [3.05, 3.63) is 11.5 Å². The Morgan fingerprint density at radius 3 is 1.33 bits per heavy atom. The Hall–Kier alpha value is -0.660. The summed E-state index contributed by atoms with van der Waals surface area (Å²) >= 11 is 0. The van der Waals surface area contributed by atoms with Gasteiger partial charge >= 0.3 is 0 Å². The van der Waals surface area contributed by atoms with Crippen LogP contribution in [-0.4, -0.2) is 0 Å². The summed E-state index contributed by atoms with van der Waals surface area (Å²) in [5.74, 6) is -1.07. The van der Waals surface area contributed by atoms with Crippen LogP contribution in [0.5, 0.6) is 0 Å². The quantitative estimate of drug-likeness (QED) is 0.353. The van der Waals surface area contributed by atoms with Gasteiger partial charge in [0.1, 0.15) is 0 Å². The van der Waals surface area contributed by atoms with E-state index >= 15 is 0 Å². The van der Waals surface area contributed by atoms with Crippen LogP contribution in [0.2, 0.25) is 0 Å². The second kappa shape index (κ2) is 1.70. The van der Waals surface area contributed by atoms with Crippen LogP contribution in [0.3, 0.4) is 0 Å². The molecule has 0 atom stereocenters. The first-order valence-corrected chi connectivity index (χ1v) is 1.66. The van der Waals surface area contributed by atoms with Crippen LogP contribution in [0, 0.1) is 0 Å². The Labute approximate surface area is 36.7 Å². The minimum Gasteiger partial charge on any atom is -0.884 e. The van der Waals surface area contributed by atoms with Crippen LogP contribution in [0.4, 0.5) is 0 Å². The molecule has 6 heavy (non-hydrogen) atoms. The van der Waals surface area contributed by atoms with Crippen LogP contribution in [0.25, 0.3) is 0 Å². The van der Waals surface area contributed by atoms with E-state index in [-0.39, 0.29) is 0 Å². The third-order valence-corrected chi connectivity index (χ3v) is 0.408. The largest absolute Gasteiger partial charge is 0.884 e. The Kier molecular flexibility index (Phi) is 1.51. The van der Waals surface area contributed by atoms with Crippen LogP contribution < -0.4 is 10.2 Å². The summed E-state index contributed by atoms with van der Waals surface area (Å²) in [7, 11) is 0. The minimum atomic E-state index is -1.07. The van der Waals surface area contributed by atoms with Gasteiger partial charge in [0, 0.05) is 0 Å². The molecule has 36 valence electrons. The van der Waals surface area contributed by atoms with E-state index < -0.39 is 5.95 Å². The molecule has 0 aliphatic heterocycles. The first-order chi connectivity index (χ1) is 2.64. The summed E-state index contributed by atoms with van der Waals surface area (Å²) in [5.41, 5.74) is 0.315. The highest BCUT2D eigenvalue weighted by Gasteiger charge is 1.61. The van der Waals surface area contributed by atoms with E-state index in [0.717, 1.165) is 0 Å². The van der Waals surface area contributed by atoms with Crippen LogP contribution in [0.1, 0.15) is 13.8 Å². The Morgan fingerprint density at radius 1 is 1.17 bits per heavy atom. The minimum absolute atomic E-state index is 0.315. The van der Waals surface area contributed by atoms with Crippen molar-refractivity contribution in [2.24, 2.45) is 0 Å². The molecule has 0 radical (unpaired) electrons. The monoisotopic (exact) mass is 86.0 g/mol. The lowest BCUT2D eigenvalue weighted by molar-refractivity contribution is -0.514. The van der Waals surface area contributed by atoms with E-state index in [1.165, 1.54) is 13.8 Å². The number of hydrogen-bond acceptors (Lipinski definition) is 2. The van der Waals surface area contributed by atoms with E-state index in [1.807, 2.05) is 0 Å². The average Bonchev–Trinajstić information content (AvgIpc) is 1.36. The molecule has 0 aliphatic carbocycles. The van der Waals surface area contributed by atoms with E-state index in [2.05, 4.69) is 0 Å². The van der Waals surface area contributed by atoms with Gasteiger partial charge in [-0.2, -0.15) is 0 Å². The Morgan fingerprint density at radius 2 is 1.33 bits per heavy atom. The van der Waals surface area contributed by atoms with Gasteiger partial charge in [0.15, 0.2) is 0 Å². The predicted molar refractivity (Wildman–Crippen MR) is 18.4 cm³/mol. The molecule has 0 N–H and O–H groups in total.